The summed E-state index contributed by atoms with van der Waals surface area (Å²) in [6.45, 7) is 1.76. The average Bonchev–Trinajstić information content (AvgIpc) is 3.52. The monoisotopic (exact) mass is 458 g/mol. The number of hydrogen-bond acceptors (Lipinski definition) is 7. The molecule has 0 fully saturated rings. The van der Waals surface area contributed by atoms with Gasteiger partial charge in [-0.25, -0.2) is 10.5 Å². The van der Waals surface area contributed by atoms with E-state index in [2.05, 4.69) is 49.4 Å². The third kappa shape index (κ3) is 4.27. The van der Waals surface area contributed by atoms with Crippen molar-refractivity contribution >= 4 is 23.0 Å². The van der Waals surface area contributed by atoms with Crippen molar-refractivity contribution in [3.63, 3.8) is 0 Å². The van der Waals surface area contributed by atoms with Gasteiger partial charge in [-0.15, -0.1) is 16.4 Å². The molecule has 0 radical (unpaired) electrons. The van der Waals surface area contributed by atoms with Crippen molar-refractivity contribution < 1.29 is 9.90 Å². The van der Waals surface area contributed by atoms with Gasteiger partial charge in [0, 0.05) is 16.5 Å². The molecule has 9 heteroatoms. The Morgan fingerprint density at radius 1 is 1.09 bits per heavy atom. The second-order valence-corrected chi connectivity index (χ2v) is 8.86. The van der Waals surface area contributed by atoms with Crippen LogP contribution < -0.4 is 5.43 Å². The summed E-state index contributed by atoms with van der Waals surface area (Å²) < 4.78 is 0. The van der Waals surface area contributed by atoms with E-state index in [1.165, 1.54) is 35.3 Å². The summed E-state index contributed by atoms with van der Waals surface area (Å²) in [6, 6.07) is 13.3. The van der Waals surface area contributed by atoms with Gasteiger partial charge >= 0.3 is 0 Å². The summed E-state index contributed by atoms with van der Waals surface area (Å²) in [6.07, 6.45) is 4.67. The number of tetrazole rings is 1. The third-order valence-corrected chi connectivity index (χ3v) is 6.87. The first-order valence-corrected chi connectivity index (χ1v) is 11.6. The molecule has 2 aromatic carbocycles. The minimum absolute atomic E-state index is 0.191. The molecule has 33 heavy (non-hydrogen) atoms. The number of aryl methyl sites for hydroxylation is 2. The molecule has 166 valence electrons. The summed E-state index contributed by atoms with van der Waals surface area (Å²) in [7, 11) is 0. The van der Waals surface area contributed by atoms with Crippen molar-refractivity contribution in [2.24, 2.45) is 5.10 Å². The van der Waals surface area contributed by atoms with Gasteiger partial charge in [0.05, 0.1) is 16.2 Å². The predicted molar refractivity (Wildman–Crippen MR) is 127 cm³/mol. The number of carbonyl (C=O) groups is 1. The number of thiophene rings is 1. The van der Waals surface area contributed by atoms with E-state index in [-0.39, 0.29) is 11.7 Å². The van der Waals surface area contributed by atoms with Crippen LogP contribution in [0, 0.1) is 0 Å². The van der Waals surface area contributed by atoms with Gasteiger partial charge in [0.15, 0.2) is 5.82 Å². The molecule has 0 bridgehead atoms. The van der Waals surface area contributed by atoms with Crippen LogP contribution in [0.25, 0.3) is 21.8 Å². The quantitative estimate of drug-likeness (QED) is 0.304. The van der Waals surface area contributed by atoms with Crippen molar-refractivity contribution in [2.75, 3.05) is 0 Å². The number of nitrogens with zero attached hydrogens (tertiary/aromatic N) is 4. The first-order valence-electron chi connectivity index (χ1n) is 10.7. The Bertz CT molecular complexity index is 1330. The van der Waals surface area contributed by atoms with Crippen molar-refractivity contribution in [3.05, 3.63) is 70.1 Å². The lowest BCUT2D eigenvalue weighted by Gasteiger charge is -2.16. The Labute approximate surface area is 194 Å². The number of aromatic nitrogens is 4. The molecule has 5 rings (SSSR count). The van der Waals surface area contributed by atoms with Gasteiger partial charge < -0.3 is 5.11 Å². The zero-order valence-corrected chi connectivity index (χ0v) is 18.8. The predicted octanol–water partition coefficient (Wildman–Crippen LogP) is 4.33. The molecular formula is C24H22N6O2S. The SMILES string of the molecule is C/C(=N\NC(=O)c1ccc(-c2nnn[nH]2)cc1)c1csc(-c2ccc3c(c2)CCCC3)c1O. The van der Waals surface area contributed by atoms with Crippen LogP contribution in [0.15, 0.2) is 52.9 Å². The zero-order valence-electron chi connectivity index (χ0n) is 18.0. The molecular weight excluding hydrogens is 436 g/mol. The molecule has 1 aliphatic carbocycles. The second kappa shape index (κ2) is 8.95. The average molecular weight is 459 g/mol. The van der Waals surface area contributed by atoms with E-state index in [0.29, 0.717) is 22.7 Å². The molecule has 0 atom stereocenters. The van der Waals surface area contributed by atoms with Crippen molar-refractivity contribution in [3.8, 4) is 27.6 Å². The number of aromatic amines is 1. The summed E-state index contributed by atoms with van der Waals surface area (Å²) in [5.41, 5.74) is 8.73. The van der Waals surface area contributed by atoms with Gasteiger partial charge in [-0.2, -0.15) is 5.10 Å². The Balaban J connectivity index is 1.30. The van der Waals surface area contributed by atoms with Gasteiger partial charge in [0.2, 0.25) is 0 Å². The van der Waals surface area contributed by atoms with Gasteiger partial charge in [0.1, 0.15) is 5.75 Å². The van der Waals surface area contributed by atoms with Gasteiger partial charge in [-0.1, -0.05) is 24.3 Å². The number of carbonyl (C=O) groups excluding carboxylic acids is 1. The lowest BCUT2D eigenvalue weighted by molar-refractivity contribution is 0.0955. The van der Waals surface area contributed by atoms with E-state index in [1.807, 2.05) is 5.38 Å². The van der Waals surface area contributed by atoms with E-state index in [0.717, 1.165) is 28.8 Å². The molecule has 0 aliphatic heterocycles. The molecule has 0 spiro atoms. The topological polar surface area (TPSA) is 116 Å². The van der Waals surface area contributed by atoms with Crippen molar-refractivity contribution in [2.45, 2.75) is 32.6 Å². The molecule has 3 N–H and O–H groups in total. The number of H-pyrrole nitrogens is 1. The molecule has 0 unspecified atom stereocenters. The van der Waals surface area contributed by atoms with E-state index in [1.54, 1.807) is 31.2 Å². The number of aromatic hydroxyl groups is 1. The largest absolute Gasteiger partial charge is 0.506 e. The molecule has 1 amide bonds. The van der Waals surface area contributed by atoms with Crippen LogP contribution >= 0.6 is 11.3 Å². The number of fused-ring (bicyclic) bond motifs is 1. The number of rotatable bonds is 5. The van der Waals surface area contributed by atoms with Crippen LogP contribution in [0.5, 0.6) is 5.75 Å². The fraction of sp³-hybridized carbons (Fsp3) is 0.208. The summed E-state index contributed by atoms with van der Waals surface area (Å²) in [4.78, 5) is 13.3. The van der Waals surface area contributed by atoms with E-state index in [9.17, 15) is 9.90 Å². The molecule has 0 saturated heterocycles. The minimum atomic E-state index is -0.346. The first-order chi connectivity index (χ1) is 16.1. The summed E-state index contributed by atoms with van der Waals surface area (Å²) in [5, 5.41) is 30.5. The Hall–Kier alpha value is -3.85. The molecule has 2 heterocycles. The lowest BCUT2D eigenvalue weighted by atomic mass is 9.90. The van der Waals surface area contributed by atoms with Crippen LogP contribution in [0.4, 0.5) is 0 Å². The highest BCUT2D eigenvalue weighted by atomic mass is 32.1. The maximum Gasteiger partial charge on any atom is 0.271 e. The van der Waals surface area contributed by atoms with Crippen LogP contribution in [0.3, 0.4) is 0 Å². The molecule has 0 saturated carbocycles. The number of hydrazone groups is 1. The van der Waals surface area contributed by atoms with Crippen molar-refractivity contribution in [1.29, 1.82) is 0 Å². The smallest absolute Gasteiger partial charge is 0.271 e. The van der Waals surface area contributed by atoms with Gasteiger partial charge in [0.25, 0.3) is 5.91 Å². The number of benzene rings is 2. The van der Waals surface area contributed by atoms with Gasteiger partial charge in [-0.05, 0) is 77.9 Å². The van der Waals surface area contributed by atoms with Crippen LogP contribution in [0.1, 0.15) is 46.8 Å². The molecule has 8 nitrogen and oxygen atoms in total. The van der Waals surface area contributed by atoms with Crippen molar-refractivity contribution in [1.82, 2.24) is 26.0 Å². The minimum Gasteiger partial charge on any atom is -0.506 e. The first kappa shape index (κ1) is 21.0. The zero-order chi connectivity index (χ0) is 22.8. The molecule has 2 aromatic heterocycles. The van der Waals surface area contributed by atoms with Gasteiger partial charge in [-0.3, -0.25) is 4.79 Å². The second-order valence-electron chi connectivity index (χ2n) is 7.98. The van der Waals surface area contributed by atoms with Crippen LogP contribution in [-0.4, -0.2) is 37.3 Å². The third-order valence-electron chi connectivity index (χ3n) is 5.86. The summed E-state index contributed by atoms with van der Waals surface area (Å²) in [5.74, 6) is 0.371. The Kier molecular flexibility index (Phi) is 5.70. The van der Waals surface area contributed by atoms with E-state index >= 15 is 0 Å². The fourth-order valence-electron chi connectivity index (χ4n) is 4.01. The number of nitrogens with one attached hydrogen (secondary N) is 2. The fourth-order valence-corrected chi connectivity index (χ4v) is 5.01. The Morgan fingerprint density at radius 2 is 1.85 bits per heavy atom. The lowest BCUT2D eigenvalue weighted by Crippen LogP contribution is -2.19. The van der Waals surface area contributed by atoms with E-state index in [4.69, 9.17) is 0 Å². The van der Waals surface area contributed by atoms with E-state index < -0.39 is 0 Å². The molecule has 4 aromatic rings. The number of amides is 1. The highest BCUT2D eigenvalue weighted by Crippen LogP contribution is 2.40. The van der Waals surface area contributed by atoms with Crippen LogP contribution in [-0.2, 0) is 12.8 Å². The highest BCUT2D eigenvalue weighted by Gasteiger charge is 2.17. The standard InChI is InChI=1S/C24H22N6O2S/c1-14(25-28-24(32)17-9-7-16(8-10-17)23-26-29-30-27-23)20-13-33-22(21(20)31)19-11-6-15-4-2-3-5-18(15)12-19/h6-13,31H,2-5H2,1H3,(H,28,32)(H,26,27,29,30)/b25-14+. The van der Waals surface area contributed by atoms with Crippen LogP contribution in [0.2, 0.25) is 0 Å². The number of hydrogen-bond donors (Lipinski definition) is 3. The maximum absolute atomic E-state index is 12.5. The molecule has 1 aliphatic rings. The summed E-state index contributed by atoms with van der Waals surface area (Å²) >= 11 is 1.48. The highest BCUT2D eigenvalue weighted by molar-refractivity contribution is 7.14. The normalized spacial score (nSPS) is 13.5. The Morgan fingerprint density at radius 3 is 2.61 bits per heavy atom. The maximum atomic E-state index is 12.5.